The van der Waals surface area contributed by atoms with E-state index in [4.69, 9.17) is 5.73 Å². The molecule has 0 bridgehead atoms. The van der Waals surface area contributed by atoms with Crippen LogP contribution in [-0.2, 0) is 6.54 Å². The van der Waals surface area contributed by atoms with Crippen LogP contribution in [0.3, 0.4) is 0 Å². The highest BCUT2D eigenvalue weighted by Crippen LogP contribution is 2.68. The van der Waals surface area contributed by atoms with Crippen molar-refractivity contribution in [1.82, 2.24) is 9.78 Å². The number of aryl methyl sites for hydroxylation is 2. The van der Waals surface area contributed by atoms with Crippen LogP contribution in [0, 0.1) is 23.7 Å². The molecule has 0 radical (unpaired) electrons. The van der Waals surface area contributed by atoms with Crippen LogP contribution in [0.1, 0.15) is 46.7 Å². The molecule has 1 fully saturated rings. The van der Waals surface area contributed by atoms with Gasteiger partial charge in [-0.25, -0.2) is 4.68 Å². The smallest absolute Gasteiger partial charge is 0.148 e. The van der Waals surface area contributed by atoms with Crippen molar-refractivity contribution in [3.63, 3.8) is 0 Å². The second kappa shape index (κ2) is 4.43. The predicted molar refractivity (Wildman–Crippen MR) is 81.2 cm³/mol. The minimum Gasteiger partial charge on any atom is -0.394 e. The second-order valence-electron chi connectivity index (χ2n) is 6.95. The van der Waals surface area contributed by atoms with Crippen LogP contribution in [0.25, 0.3) is 0 Å². The average molecular weight is 264 g/mol. The number of aromatic nitrogens is 2. The second-order valence-corrected chi connectivity index (χ2v) is 6.95. The zero-order valence-corrected chi connectivity index (χ0v) is 13.2. The molecular formula is C15H28N4. The van der Waals surface area contributed by atoms with E-state index in [1.807, 2.05) is 11.6 Å². The first kappa shape index (κ1) is 14.2. The fourth-order valence-electron chi connectivity index (χ4n) is 3.20. The Balaban J connectivity index is 2.08. The summed E-state index contributed by atoms with van der Waals surface area (Å²) in [6, 6.07) is 0. The summed E-state index contributed by atoms with van der Waals surface area (Å²) in [5.74, 6) is 1.68. The lowest BCUT2D eigenvalue weighted by Gasteiger charge is -2.11. The van der Waals surface area contributed by atoms with E-state index in [0.29, 0.717) is 16.7 Å². The number of nitrogens with zero attached hydrogens (tertiary/aromatic N) is 2. The molecule has 0 atom stereocenters. The molecular weight excluding hydrogens is 236 g/mol. The molecule has 1 aliphatic carbocycles. The van der Waals surface area contributed by atoms with Gasteiger partial charge < -0.3 is 11.1 Å². The Bertz CT molecular complexity index is 457. The maximum Gasteiger partial charge on any atom is 0.148 e. The number of nitrogens with two attached hydrogens (primary N) is 1. The van der Waals surface area contributed by atoms with Crippen LogP contribution in [0.4, 0.5) is 11.5 Å². The summed E-state index contributed by atoms with van der Waals surface area (Å²) in [5, 5.41) is 8.04. The van der Waals surface area contributed by atoms with Crippen molar-refractivity contribution in [2.45, 2.75) is 54.5 Å². The summed E-state index contributed by atoms with van der Waals surface area (Å²) < 4.78 is 2.01. The molecule has 3 N–H and O–H groups in total. The Labute approximate surface area is 116 Å². The topological polar surface area (TPSA) is 55.9 Å². The highest BCUT2D eigenvalue weighted by atomic mass is 15.3. The van der Waals surface area contributed by atoms with Crippen molar-refractivity contribution in [2.24, 2.45) is 16.7 Å². The minimum absolute atomic E-state index is 0.402. The van der Waals surface area contributed by atoms with Gasteiger partial charge in [-0.05, 0) is 30.1 Å². The van der Waals surface area contributed by atoms with Crippen LogP contribution < -0.4 is 11.1 Å². The third-order valence-electron chi connectivity index (χ3n) is 5.40. The first-order valence-electron chi connectivity index (χ1n) is 7.30. The molecule has 0 saturated heterocycles. The summed E-state index contributed by atoms with van der Waals surface area (Å²) in [6.45, 7) is 15.4. The molecule has 4 nitrogen and oxygen atoms in total. The predicted octanol–water partition coefficient (Wildman–Crippen LogP) is 3.28. The van der Waals surface area contributed by atoms with E-state index < -0.39 is 0 Å². The number of rotatable bonds is 5. The summed E-state index contributed by atoms with van der Waals surface area (Å²) in [5.41, 5.74) is 8.65. The Morgan fingerprint density at radius 2 is 1.84 bits per heavy atom. The van der Waals surface area contributed by atoms with Crippen molar-refractivity contribution < 1.29 is 0 Å². The zero-order valence-electron chi connectivity index (χ0n) is 13.2. The van der Waals surface area contributed by atoms with Crippen molar-refractivity contribution in [3.05, 3.63) is 5.69 Å². The summed E-state index contributed by atoms with van der Waals surface area (Å²) >= 11 is 0. The Morgan fingerprint density at radius 3 is 2.32 bits per heavy atom. The third-order valence-corrected chi connectivity index (χ3v) is 5.40. The molecule has 4 heteroatoms. The lowest BCUT2D eigenvalue weighted by molar-refractivity contribution is 0.457. The van der Waals surface area contributed by atoms with Gasteiger partial charge in [0.2, 0.25) is 0 Å². The highest BCUT2D eigenvalue weighted by Gasteiger charge is 2.64. The van der Waals surface area contributed by atoms with E-state index in [0.717, 1.165) is 36.7 Å². The van der Waals surface area contributed by atoms with E-state index in [9.17, 15) is 0 Å². The first-order chi connectivity index (χ1) is 8.73. The normalized spacial score (nSPS) is 20.5. The van der Waals surface area contributed by atoms with Gasteiger partial charge in [0.15, 0.2) is 0 Å². The molecule has 0 aliphatic heterocycles. The molecule has 108 valence electrons. The molecule has 1 aromatic heterocycles. The van der Waals surface area contributed by atoms with Gasteiger partial charge in [-0.3, -0.25) is 0 Å². The average Bonchev–Trinajstić information content (AvgIpc) is 2.56. The lowest BCUT2D eigenvalue weighted by Crippen LogP contribution is -2.13. The summed E-state index contributed by atoms with van der Waals surface area (Å²) in [4.78, 5) is 0. The van der Waals surface area contributed by atoms with Gasteiger partial charge in [-0.2, -0.15) is 5.10 Å². The van der Waals surface area contributed by atoms with E-state index >= 15 is 0 Å². The lowest BCUT2D eigenvalue weighted by atomic mass is 10.0. The van der Waals surface area contributed by atoms with E-state index in [2.05, 4.69) is 45.0 Å². The zero-order chi connectivity index (χ0) is 14.4. The first-order valence-corrected chi connectivity index (χ1v) is 7.30. The monoisotopic (exact) mass is 264 g/mol. The molecule has 0 amide bonds. The highest BCUT2D eigenvalue weighted by molar-refractivity contribution is 5.64. The third kappa shape index (κ3) is 2.11. The fraction of sp³-hybridized carbons (Fsp3) is 0.800. The van der Waals surface area contributed by atoms with Gasteiger partial charge in [0.05, 0.1) is 11.4 Å². The fourth-order valence-corrected chi connectivity index (χ4v) is 3.20. The number of nitrogen functional groups attached to an aromatic ring is 1. The number of nitrogens with one attached hydrogen (secondary N) is 1. The van der Waals surface area contributed by atoms with E-state index in [-0.39, 0.29) is 0 Å². The van der Waals surface area contributed by atoms with Crippen molar-refractivity contribution >= 4 is 11.5 Å². The van der Waals surface area contributed by atoms with Crippen molar-refractivity contribution in [2.75, 3.05) is 17.6 Å². The number of hydrogen-bond donors (Lipinski definition) is 2. The van der Waals surface area contributed by atoms with Crippen LogP contribution in [-0.4, -0.2) is 16.3 Å². The van der Waals surface area contributed by atoms with E-state index in [1.54, 1.807) is 0 Å². The van der Waals surface area contributed by atoms with Gasteiger partial charge in [0, 0.05) is 13.1 Å². The summed E-state index contributed by atoms with van der Waals surface area (Å²) in [6.07, 6.45) is 1.07. The molecule has 1 saturated carbocycles. The largest absolute Gasteiger partial charge is 0.394 e. The molecule has 1 aromatic rings. The SMILES string of the molecule is CCCn1nc(C)c(N)c1NCC1C(C)(C)C1(C)C. The Morgan fingerprint density at radius 1 is 1.26 bits per heavy atom. The molecule has 19 heavy (non-hydrogen) atoms. The molecule has 0 unspecified atom stereocenters. The molecule has 1 heterocycles. The molecule has 1 aliphatic rings. The van der Waals surface area contributed by atoms with Crippen LogP contribution >= 0.6 is 0 Å². The Hall–Kier alpha value is -1.19. The molecule has 2 rings (SSSR count). The number of hydrogen-bond acceptors (Lipinski definition) is 3. The van der Waals surface area contributed by atoms with Crippen LogP contribution in [0.5, 0.6) is 0 Å². The maximum absolute atomic E-state index is 6.13. The van der Waals surface area contributed by atoms with Gasteiger partial charge in [-0.1, -0.05) is 34.6 Å². The number of anilines is 2. The molecule has 0 spiro atoms. The van der Waals surface area contributed by atoms with Gasteiger partial charge in [-0.15, -0.1) is 0 Å². The minimum atomic E-state index is 0.402. The van der Waals surface area contributed by atoms with Crippen molar-refractivity contribution in [1.29, 1.82) is 0 Å². The Kier molecular flexibility index (Phi) is 3.31. The van der Waals surface area contributed by atoms with Crippen LogP contribution in [0.15, 0.2) is 0 Å². The quantitative estimate of drug-likeness (QED) is 0.858. The van der Waals surface area contributed by atoms with Crippen LogP contribution in [0.2, 0.25) is 0 Å². The standard InChI is InChI=1S/C15H28N4/c1-7-8-19-13(12(16)10(2)18-19)17-9-11-14(3,4)15(11,5)6/h11,17H,7-9,16H2,1-6H3. The van der Waals surface area contributed by atoms with Gasteiger partial charge in [0.1, 0.15) is 5.82 Å². The van der Waals surface area contributed by atoms with Gasteiger partial charge >= 0.3 is 0 Å². The maximum atomic E-state index is 6.13. The molecule has 0 aromatic carbocycles. The van der Waals surface area contributed by atoms with Gasteiger partial charge in [0.25, 0.3) is 0 Å². The summed E-state index contributed by atoms with van der Waals surface area (Å²) in [7, 11) is 0. The van der Waals surface area contributed by atoms with Crippen molar-refractivity contribution in [3.8, 4) is 0 Å². The van der Waals surface area contributed by atoms with E-state index in [1.165, 1.54) is 0 Å².